The minimum atomic E-state index is -1.16. The van der Waals surface area contributed by atoms with E-state index in [1.807, 2.05) is 0 Å². The first-order valence-electron chi connectivity index (χ1n) is 6.03. The molecular weight excluding hydrogens is 298 g/mol. The van der Waals surface area contributed by atoms with Crippen LogP contribution in [0.4, 0.5) is 10.5 Å². The summed E-state index contributed by atoms with van der Waals surface area (Å²) < 4.78 is 0. The highest BCUT2D eigenvalue weighted by molar-refractivity contribution is 6.31. The number of carbonyl (C=O) groups excluding carboxylic acids is 2. The molecule has 0 spiro atoms. The van der Waals surface area contributed by atoms with Gasteiger partial charge in [0, 0.05) is 24.8 Å². The van der Waals surface area contributed by atoms with Crippen molar-refractivity contribution in [3.8, 4) is 0 Å². The van der Waals surface area contributed by atoms with E-state index in [0.29, 0.717) is 0 Å². The number of hydrogen-bond donors (Lipinski definition) is 3. The molecule has 1 unspecified atom stereocenters. The van der Waals surface area contributed by atoms with E-state index < -0.39 is 18.0 Å². The summed E-state index contributed by atoms with van der Waals surface area (Å²) in [6, 6.07) is 2.61. The zero-order chi connectivity index (χ0) is 16.2. The van der Waals surface area contributed by atoms with E-state index in [0.717, 1.165) is 0 Å². The van der Waals surface area contributed by atoms with Crippen molar-refractivity contribution >= 4 is 35.2 Å². The molecule has 0 saturated carbocycles. The maximum Gasteiger partial charge on any atom is 0.335 e. The van der Waals surface area contributed by atoms with Crippen LogP contribution in [0.3, 0.4) is 0 Å². The Hall–Kier alpha value is -2.28. The zero-order valence-corrected chi connectivity index (χ0v) is 12.6. The highest BCUT2D eigenvalue weighted by Gasteiger charge is 2.17. The zero-order valence-electron chi connectivity index (χ0n) is 11.8. The number of hydrogen-bond acceptors (Lipinski definition) is 3. The first kappa shape index (κ1) is 16.8. The van der Waals surface area contributed by atoms with E-state index in [1.165, 1.54) is 23.1 Å². The molecule has 114 valence electrons. The lowest BCUT2D eigenvalue weighted by atomic mass is 10.2. The van der Waals surface area contributed by atoms with Crippen LogP contribution in [0.2, 0.25) is 5.02 Å². The molecule has 3 N–H and O–H groups in total. The van der Waals surface area contributed by atoms with Gasteiger partial charge in [0.1, 0.15) is 6.04 Å². The number of halogens is 1. The van der Waals surface area contributed by atoms with Crippen molar-refractivity contribution in [2.75, 3.05) is 19.4 Å². The molecule has 0 radical (unpaired) electrons. The third-order valence-corrected chi connectivity index (χ3v) is 2.78. The van der Waals surface area contributed by atoms with Crippen LogP contribution >= 0.6 is 11.6 Å². The lowest BCUT2D eigenvalue weighted by Crippen LogP contribution is -2.45. The van der Waals surface area contributed by atoms with Crippen molar-refractivity contribution in [2.24, 2.45) is 0 Å². The minimum absolute atomic E-state index is 0.0461. The van der Waals surface area contributed by atoms with Crippen LogP contribution < -0.4 is 10.6 Å². The summed E-state index contributed by atoms with van der Waals surface area (Å²) in [6.07, 6.45) is 0. The molecule has 1 aromatic rings. The molecule has 3 amide bonds. The van der Waals surface area contributed by atoms with Gasteiger partial charge in [-0.25, -0.2) is 9.59 Å². The van der Waals surface area contributed by atoms with Crippen LogP contribution in [0, 0.1) is 0 Å². The number of likely N-dealkylation sites (N-methyl/N-ethyl adjacent to an activating group) is 1. The van der Waals surface area contributed by atoms with Gasteiger partial charge in [-0.2, -0.15) is 0 Å². The first-order chi connectivity index (χ1) is 9.70. The van der Waals surface area contributed by atoms with Crippen LogP contribution in [-0.4, -0.2) is 48.1 Å². The van der Waals surface area contributed by atoms with Crippen molar-refractivity contribution in [1.82, 2.24) is 10.2 Å². The fraction of sp³-hybridized carbons (Fsp3) is 0.308. The molecule has 0 aromatic heterocycles. The fourth-order valence-corrected chi connectivity index (χ4v) is 1.83. The van der Waals surface area contributed by atoms with E-state index in [4.69, 9.17) is 16.7 Å². The quantitative estimate of drug-likeness (QED) is 0.787. The Morgan fingerprint density at radius 2 is 1.86 bits per heavy atom. The third-order valence-electron chi connectivity index (χ3n) is 2.56. The first-order valence-corrected chi connectivity index (χ1v) is 6.41. The fourth-order valence-electron chi connectivity index (χ4n) is 1.60. The number of amides is 3. The Morgan fingerprint density at radius 3 is 2.38 bits per heavy atom. The molecule has 1 atom stereocenters. The van der Waals surface area contributed by atoms with Gasteiger partial charge in [-0.15, -0.1) is 0 Å². The van der Waals surface area contributed by atoms with Gasteiger partial charge in [-0.3, -0.25) is 4.79 Å². The average molecular weight is 314 g/mol. The average Bonchev–Trinajstić information content (AvgIpc) is 2.36. The molecule has 0 saturated heterocycles. The maximum absolute atomic E-state index is 11.8. The van der Waals surface area contributed by atoms with Gasteiger partial charge >= 0.3 is 12.0 Å². The van der Waals surface area contributed by atoms with Crippen LogP contribution in [0.15, 0.2) is 18.2 Å². The standard InChI is InChI=1S/C13H16ClN3O4/c1-7(11(18)17(2)3)15-13(21)16-10-5-8(12(19)20)4-9(14)6-10/h4-7H,1-3H3,(H,19,20)(H2,15,16,21). The Morgan fingerprint density at radius 1 is 1.24 bits per heavy atom. The van der Waals surface area contributed by atoms with Gasteiger partial charge in [0.15, 0.2) is 0 Å². The predicted octanol–water partition coefficient (Wildman–Crippen LogP) is 1.64. The van der Waals surface area contributed by atoms with Gasteiger partial charge in [0.05, 0.1) is 5.56 Å². The Kier molecular flexibility index (Phi) is 5.54. The maximum atomic E-state index is 11.8. The Labute approximate surface area is 126 Å². The summed E-state index contributed by atoms with van der Waals surface area (Å²) in [7, 11) is 3.16. The number of rotatable bonds is 4. The molecule has 21 heavy (non-hydrogen) atoms. The van der Waals surface area contributed by atoms with E-state index in [9.17, 15) is 14.4 Å². The molecule has 1 aromatic carbocycles. The Balaban J connectivity index is 2.75. The summed E-state index contributed by atoms with van der Waals surface area (Å²) >= 11 is 5.78. The molecule has 0 fully saturated rings. The van der Waals surface area contributed by atoms with Crippen LogP contribution in [-0.2, 0) is 4.79 Å². The molecule has 0 aliphatic carbocycles. The van der Waals surface area contributed by atoms with Gasteiger partial charge < -0.3 is 20.6 Å². The Bertz CT molecular complexity index is 575. The monoisotopic (exact) mass is 313 g/mol. The van der Waals surface area contributed by atoms with Gasteiger partial charge in [-0.1, -0.05) is 11.6 Å². The van der Waals surface area contributed by atoms with E-state index >= 15 is 0 Å². The second kappa shape index (κ2) is 6.94. The number of carboxylic acid groups (broad SMARTS) is 1. The van der Waals surface area contributed by atoms with Gasteiger partial charge in [-0.05, 0) is 25.1 Å². The molecule has 7 nitrogen and oxygen atoms in total. The summed E-state index contributed by atoms with van der Waals surface area (Å²) in [4.78, 5) is 35.6. The molecule has 8 heteroatoms. The molecule has 1 rings (SSSR count). The molecular formula is C13H16ClN3O4. The molecule has 0 bridgehead atoms. The number of carbonyl (C=O) groups is 3. The van der Waals surface area contributed by atoms with Gasteiger partial charge in [0.2, 0.25) is 5.91 Å². The second-order valence-corrected chi connectivity index (χ2v) is 5.02. The molecule has 0 aliphatic heterocycles. The van der Waals surface area contributed by atoms with Crippen molar-refractivity contribution in [1.29, 1.82) is 0 Å². The number of benzene rings is 1. The topological polar surface area (TPSA) is 98.7 Å². The smallest absolute Gasteiger partial charge is 0.335 e. The lowest BCUT2D eigenvalue weighted by Gasteiger charge is -2.18. The number of carboxylic acids is 1. The normalized spacial score (nSPS) is 11.4. The van der Waals surface area contributed by atoms with E-state index in [2.05, 4.69) is 10.6 Å². The molecule has 0 aliphatic rings. The van der Waals surface area contributed by atoms with Crippen molar-refractivity contribution in [3.05, 3.63) is 28.8 Å². The van der Waals surface area contributed by atoms with E-state index in [1.54, 1.807) is 21.0 Å². The number of nitrogens with zero attached hydrogens (tertiary/aromatic N) is 1. The SMILES string of the molecule is CC(NC(=O)Nc1cc(Cl)cc(C(=O)O)c1)C(=O)N(C)C. The van der Waals surface area contributed by atoms with Crippen molar-refractivity contribution in [3.63, 3.8) is 0 Å². The molecule has 0 heterocycles. The van der Waals surface area contributed by atoms with Crippen LogP contribution in [0.1, 0.15) is 17.3 Å². The predicted molar refractivity (Wildman–Crippen MR) is 78.7 cm³/mol. The second-order valence-electron chi connectivity index (χ2n) is 4.59. The highest BCUT2D eigenvalue weighted by atomic mass is 35.5. The van der Waals surface area contributed by atoms with Gasteiger partial charge in [0.25, 0.3) is 0 Å². The summed E-state index contributed by atoms with van der Waals surface area (Å²) in [5, 5.41) is 14.0. The highest BCUT2D eigenvalue weighted by Crippen LogP contribution is 2.19. The summed E-state index contributed by atoms with van der Waals surface area (Å²) in [5.74, 6) is -1.42. The largest absolute Gasteiger partial charge is 0.478 e. The number of aromatic carboxylic acids is 1. The number of anilines is 1. The number of nitrogens with one attached hydrogen (secondary N) is 2. The minimum Gasteiger partial charge on any atom is -0.478 e. The number of urea groups is 1. The lowest BCUT2D eigenvalue weighted by molar-refractivity contribution is -0.130. The third kappa shape index (κ3) is 4.96. The summed E-state index contributed by atoms with van der Waals surface area (Å²) in [5.41, 5.74) is 0.178. The van der Waals surface area contributed by atoms with E-state index in [-0.39, 0.29) is 22.2 Å². The van der Waals surface area contributed by atoms with Crippen LogP contribution in [0.25, 0.3) is 0 Å². The van der Waals surface area contributed by atoms with Crippen molar-refractivity contribution in [2.45, 2.75) is 13.0 Å². The van der Waals surface area contributed by atoms with Crippen LogP contribution in [0.5, 0.6) is 0 Å². The van der Waals surface area contributed by atoms with Crippen molar-refractivity contribution < 1.29 is 19.5 Å². The summed E-state index contributed by atoms with van der Waals surface area (Å²) in [6.45, 7) is 1.54.